The second kappa shape index (κ2) is 13.2. The molecule has 2 aliphatic heterocycles. The number of likely N-dealkylation sites (N-methyl/N-ethyl adjacent to an activating group) is 2. The van der Waals surface area contributed by atoms with Crippen molar-refractivity contribution in [3.63, 3.8) is 0 Å². The summed E-state index contributed by atoms with van der Waals surface area (Å²) in [6.07, 6.45) is 2.28. The van der Waals surface area contributed by atoms with Gasteiger partial charge in [-0.15, -0.1) is 0 Å². The van der Waals surface area contributed by atoms with Crippen LogP contribution >= 0.6 is 0 Å². The minimum absolute atomic E-state index is 0.151. The summed E-state index contributed by atoms with van der Waals surface area (Å²) >= 11 is 0. The van der Waals surface area contributed by atoms with Crippen molar-refractivity contribution in [2.45, 2.75) is 56.5 Å². The van der Waals surface area contributed by atoms with E-state index in [1.807, 2.05) is 69.2 Å². The van der Waals surface area contributed by atoms with Gasteiger partial charge in [0.1, 0.15) is 11.5 Å². The van der Waals surface area contributed by atoms with E-state index in [2.05, 4.69) is 23.3 Å². The minimum Gasteiger partial charge on any atom is -0.464 e. The third-order valence-corrected chi connectivity index (χ3v) is 11.3. The standard InChI is InChI=1S/C34H45N5O4S/c1-23-12-13-25(19-26(23)21-39-18-17-38(5)31-10-6-7-11-32(31)44(39,41)42)29(28-14-15-30(36-3)34(35)24(28)2)20-33(40)43-22-27-9-8-16-37(27)4/h6-7,10-15,19,27,29,36H,8-9,16-18,20-22,35H2,1-5H3. The molecule has 2 heterocycles. The quantitative estimate of drug-likeness (QED) is 0.262. The van der Waals surface area contributed by atoms with Crippen molar-refractivity contribution in [1.29, 1.82) is 0 Å². The summed E-state index contributed by atoms with van der Waals surface area (Å²) in [6, 6.07) is 17.5. The maximum absolute atomic E-state index is 13.8. The smallest absolute Gasteiger partial charge is 0.306 e. The maximum Gasteiger partial charge on any atom is 0.306 e. The first-order valence-electron chi connectivity index (χ1n) is 15.3. The molecule has 3 N–H and O–H groups in total. The van der Waals surface area contributed by atoms with Crippen LogP contribution < -0.4 is 16.0 Å². The van der Waals surface area contributed by atoms with Crippen LogP contribution in [0.4, 0.5) is 17.1 Å². The summed E-state index contributed by atoms with van der Waals surface area (Å²) in [4.78, 5) is 17.9. The fourth-order valence-electron chi connectivity index (χ4n) is 6.42. The summed E-state index contributed by atoms with van der Waals surface area (Å²) in [5.74, 6) is -0.577. The molecular weight excluding hydrogens is 574 g/mol. The van der Waals surface area contributed by atoms with Crippen molar-refractivity contribution in [1.82, 2.24) is 9.21 Å². The van der Waals surface area contributed by atoms with Gasteiger partial charge in [-0.2, -0.15) is 4.31 Å². The van der Waals surface area contributed by atoms with Gasteiger partial charge < -0.3 is 25.6 Å². The van der Waals surface area contributed by atoms with Crippen molar-refractivity contribution < 1.29 is 17.9 Å². The molecule has 1 saturated heterocycles. The predicted octanol–water partition coefficient (Wildman–Crippen LogP) is 4.73. The molecule has 1 fully saturated rings. The number of aryl methyl sites for hydroxylation is 1. The summed E-state index contributed by atoms with van der Waals surface area (Å²) in [5, 5.41) is 3.14. The van der Waals surface area contributed by atoms with Crippen LogP contribution in [0.1, 0.15) is 53.0 Å². The molecule has 0 saturated carbocycles. The zero-order valence-electron chi connectivity index (χ0n) is 26.5. The topological polar surface area (TPSA) is 108 Å². The number of esters is 1. The fraction of sp³-hybridized carbons (Fsp3) is 0.441. The lowest BCUT2D eigenvalue weighted by Crippen LogP contribution is -2.33. The number of benzene rings is 3. The fourth-order valence-corrected chi connectivity index (χ4v) is 8.07. The monoisotopic (exact) mass is 619 g/mol. The third-order valence-electron chi connectivity index (χ3n) is 9.38. The van der Waals surface area contributed by atoms with Crippen molar-refractivity contribution in [3.05, 3.63) is 82.4 Å². The number of likely N-dealkylation sites (tertiary alicyclic amines) is 1. The van der Waals surface area contributed by atoms with Crippen LogP contribution in [0.25, 0.3) is 0 Å². The number of sulfonamides is 1. The number of rotatable bonds is 9. The van der Waals surface area contributed by atoms with Crippen LogP contribution in [0.5, 0.6) is 0 Å². The van der Waals surface area contributed by atoms with Crippen molar-refractivity contribution >= 4 is 33.1 Å². The van der Waals surface area contributed by atoms with E-state index >= 15 is 0 Å². The first-order chi connectivity index (χ1) is 21.0. The van der Waals surface area contributed by atoms with Crippen molar-refractivity contribution in [3.8, 4) is 0 Å². The lowest BCUT2D eigenvalue weighted by molar-refractivity contribution is -0.145. The summed E-state index contributed by atoms with van der Waals surface area (Å²) in [6.45, 7) is 6.54. The van der Waals surface area contributed by atoms with Crippen LogP contribution in [-0.2, 0) is 26.1 Å². The van der Waals surface area contributed by atoms with Gasteiger partial charge in [0.25, 0.3) is 0 Å². The Morgan fingerprint density at radius 3 is 2.57 bits per heavy atom. The van der Waals surface area contributed by atoms with Gasteiger partial charge in [-0.25, -0.2) is 8.42 Å². The summed E-state index contributed by atoms with van der Waals surface area (Å²) < 4.78 is 35.1. The van der Waals surface area contributed by atoms with Gasteiger partial charge in [-0.3, -0.25) is 4.79 Å². The van der Waals surface area contributed by atoms with E-state index < -0.39 is 10.0 Å². The number of anilines is 3. The minimum atomic E-state index is -3.72. The number of hydrogen-bond donors (Lipinski definition) is 2. The molecule has 2 atom stereocenters. The highest BCUT2D eigenvalue weighted by molar-refractivity contribution is 7.89. The molecule has 0 bridgehead atoms. The highest BCUT2D eigenvalue weighted by Crippen LogP contribution is 2.37. The highest BCUT2D eigenvalue weighted by Gasteiger charge is 2.32. The second-order valence-corrected chi connectivity index (χ2v) is 14.0. The summed E-state index contributed by atoms with van der Waals surface area (Å²) in [5.41, 5.74) is 13.4. The number of nitrogens with zero attached hydrogens (tertiary/aromatic N) is 3. The van der Waals surface area contributed by atoms with E-state index in [1.165, 1.54) is 0 Å². The highest BCUT2D eigenvalue weighted by atomic mass is 32.2. The number of carbonyl (C=O) groups excluding carboxylic acids is 1. The van der Waals surface area contributed by atoms with Gasteiger partial charge in [0.2, 0.25) is 10.0 Å². The molecule has 0 spiro atoms. The molecule has 10 heteroatoms. The van der Waals surface area contributed by atoms with E-state index in [0.29, 0.717) is 36.0 Å². The average molecular weight is 620 g/mol. The number of para-hydroxylation sites is 1. The first-order valence-corrected chi connectivity index (χ1v) is 16.8. The lowest BCUT2D eigenvalue weighted by atomic mass is 9.84. The summed E-state index contributed by atoms with van der Waals surface area (Å²) in [7, 11) is 2.10. The number of fused-ring (bicyclic) bond motifs is 1. The SMILES string of the molecule is CNc1ccc(C(CC(=O)OCC2CCCN2C)c2ccc(C)c(CN3CCN(C)c4ccccc4S3(=O)=O)c2)c(C)c1N. The number of ether oxygens (including phenoxy) is 1. The van der Waals surface area contributed by atoms with Crippen LogP contribution in [-0.4, -0.2) is 77.0 Å². The van der Waals surface area contributed by atoms with Gasteiger partial charge in [0.15, 0.2) is 0 Å². The van der Waals surface area contributed by atoms with Gasteiger partial charge in [-0.05, 0) is 86.3 Å². The number of nitrogens with one attached hydrogen (secondary N) is 1. The zero-order chi connectivity index (χ0) is 31.6. The molecule has 2 unspecified atom stereocenters. The largest absolute Gasteiger partial charge is 0.464 e. The molecule has 9 nitrogen and oxygen atoms in total. The molecular formula is C34H45N5O4S. The van der Waals surface area contributed by atoms with E-state index in [-0.39, 0.29) is 30.9 Å². The van der Waals surface area contributed by atoms with Gasteiger partial charge in [-0.1, -0.05) is 36.4 Å². The van der Waals surface area contributed by atoms with Crippen LogP contribution in [0.15, 0.2) is 59.5 Å². The first kappa shape index (κ1) is 31.8. The molecule has 236 valence electrons. The third kappa shape index (κ3) is 6.43. The molecule has 2 aliphatic rings. The van der Waals surface area contributed by atoms with Crippen molar-refractivity contribution in [2.75, 3.05) is 63.3 Å². The van der Waals surface area contributed by atoms with Crippen molar-refractivity contribution in [2.24, 2.45) is 0 Å². The molecule has 0 radical (unpaired) electrons. The van der Waals surface area contributed by atoms with E-state index in [4.69, 9.17) is 10.5 Å². The maximum atomic E-state index is 13.8. The zero-order valence-corrected chi connectivity index (χ0v) is 27.3. The average Bonchev–Trinajstić information content (AvgIpc) is 3.39. The Labute approximate surface area is 262 Å². The molecule has 0 aromatic heterocycles. The molecule has 0 aliphatic carbocycles. The lowest BCUT2D eigenvalue weighted by Gasteiger charge is -2.25. The number of carbonyl (C=O) groups is 1. The Balaban J connectivity index is 1.47. The van der Waals surface area contributed by atoms with Gasteiger partial charge >= 0.3 is 5.97 Å². The molecule has 3 aromatic carbocycles. The number of hydrogen-bond acceptors (Lipinski definition) is 8. The van der Waals surface area contributed by atoms with E-state index in [9.17, 15) is 13.2 Å². The Hall–Kier alpha value is -3.60. The van der Waals surface area contributed by atoms with E-state index in [0.717, 1.165) is 52.9 Å². The Morgan fingerprint density at radius 2 is 1.84 bits per heavy atom. The molecule has 44 heavy (non-hydrogen) atoms. The van der Waals surface area contributed by atoms with Gasteiger partial charge in [0, 0.05) is 45.7 Å². The number of nitrogens with two attached hydrogens (primary N) is 1. The Morgan fingerprint density at radius 1 is 1.07 bits per heavy atom. The molecule has 5 rings (SSSR count). The van der Waals surface area contributed by atoms with Gasteiger partial charge in [0.05, 0.1) is 23.5 Å². The number of nitrogen functional groups attached to an aromatic ring is 1. The van der Waals surface area contributed by atoms with Crippen LogP contribution in [0.2, 0.25) is 0 Å². The Bertz CT molecular complexity index is 1630. The molecule has 0 amide bonds. The Kier molecular flexibility index (Phi) is 9.53. The van der Waals surface area contributed by atoms with E-state index in [1.54, 1.807) is 16.4 Å². The van der Waals surface area contributed by atoms with Crippen LogP contribution in [0.3, 0.4) is 0 Å². The van der Waals surface area contributed by atoms with Crippen LogP contribution in [0, 0.1) is 13.8 Å². The predicted molar refractivity (Wildman–Crippen MR) is 177 cm³/mol. The second-order valence-electron chi connectivity index (χ2n) is 12.1. The normalized spacial score (nSPS) is 19.3. The molecule has 3 aromatic rings.